The third-order valence-corrected chi connectivity index (χ3v) is 6.14. The van der Waals surface area contributed by atoms with Crippen LogP contribution in [0.5, 0.6) is 0 Å². The minimum atomic E-state index is -3.53. The summed E-state index contributed by atoms with van der Waals surface area (Å²) < 4.78 is 34.4. The first-order chi connectivity index (χ1) is 10.9. The number of ether oxygens (including phenoxy) is 1. The number of aryl methyl sites for hydroxylation is 2. The molecule has 1 aromatic heterocycles. The molecule has 3 rings (SSSR count). The van der Waals surface area contributed by atoms with Crippen molar-refractivity contribution in [2.24, 2.45) is 7.05 Å². The fourth-order valence-corrected chi connectivity index (χ4v) is 4.42. The van der Waals surface area contributed by atoms with Crippen molar-refractivity contribution in [3.8, 4) is 0 Å². The molecule has 0 fully saturated rings. The van der Waals surface area contributed by atoms with Crippen molar-refractivity contribution in [2.45, 2.75) is 24.3 Å². The first-order valence-electron chi connectivity index (χ1n) is 7.50. The van der Waals surface area contributed by atoms with Gasteiger partial charge in [-0.2, -0.15) is 9.40 Å². The van der Waals surface area contributed by atoms with E-state index in [9.17, 15) is 8.42 Å². The number of hydrogen-bond acceptors (Lipinski definition) is 4. The van der Waals surface area contributed by atoms with Crippen LogP contribution in [0.1, 0.15) is 22.7 Å². The predicted octanol–water partition coefficient (Wildman–Crippen LogP) is 1.66. The van der Waals surface area contributed by atoms with Crippen molar-refractivity contribution in [1.82, 2.24) is 14.1 Å². The zero-order chi connectivity index (χ0) is 16.6. The van der Waals surface area contributed by atoms with Crippen LogP contribution in [-0.4, -0.2) is 42.8 Å². The van der Waals surface area contributed by atoms with E-state index in [1.807, 2.05) is 32.3 Å². The van der Waals surface area contributed by atoms with Gasteiger partial charge in [0.05, 0.1) is 29.9 Å². The lowest BCUT2D eigenvalue weighted by Crippen LogP contribution is -2.39. The summed E-state index contributed by atoms with van der Waals surface area (Å²) in [6.45, 7) is 3.15. The molecule has 7 heteroatoms. The molecule has 2 aromatic rings. The molecule has 0 N–H and O–H groups in total. The number of sulfonamides is 1. The van der Waals surface area contributed by atoms with Gasteiger partial charge >= 0.3 is 0 Å². The van der Waals surface area contributed by atoms with Crippen molar-refractivity contribution < 1.29 is 13.2 Å². The van der Waals surface area contributed by atoms with Crippen LogP contribution in [0.2, 0.25) is 0 Å². The van der Waals surface area contributed by atoms with Crippen molar-refractivity contribution in [3.63, 3.8) is 0 Å². The van der Waals surface area contributed by atoms with E-state index in [1.165, 1.54) is 4.31 Å². The van der Waals surface area contributed by atoms with E-state index in [-0.39, 0.29) is 5.92 Å². The molecule has 1 aliphatic rings. The number of benzene rings is 1. The van der Waals surface area contributed by atoms with E-state index in [0.29, 0.717) is 24.6 Å². The van der Waals surface area contributed by atoms with Gasteiger partial charge in [-0.25, -0.2) is 8.42 Å². The average molecular weight is 335 g/mol. The fourth-order valence-electron chi connectivity index (χ4n) is 2.98. The van der Waals surface area contributed by atoms with Crippen molar-refractivity contribution >= 4 is 10.0 Å². The van der Waals surface area contributed by atoms with Crippen LogP contribution < -0.4 is 0 Å². The average Bonchev–Trinajstić information content (AvgIpc) is 2.90. The van der Waals surface area contributed by atoms with Gasteiger partial charge in [0.15, 0.2) is 0 Å². The van der Waals surface area contributed by atoms with E-state index in [4.69, 9.17) is 4.74 Å². The highest BCUT2D eigenvalue weighted by Crippen LogP contribution is 2.31. The van der Waals surface area contributed by atoms with Crippen LogP contribution in [0.25, 0.3) is 0 Å². The van der Waals surface area contributed by atoms with Crippen LogP contribution in [-0.2, 0) is 28.4 Å². The molecule has 23 heavy (non-hydrogen) atoms. The monoisotopic (exact) mass is 335 g/mol. The van der Waals surface area contributed by atoms with Crippen LogP contribution in [0, 0.1) is 6.92 Å². The van der Waals surface area contributed by atoms with Gasteiger partial charge in [0.2, 0.25) is 10.0 Å². The zero-order valence-corrected chi connectivity index (χ0v) is 14.4. The molecule has 0 aliphatic carbocycles. The van der Waals surface area contributed by atoms with Crippen LogP contribution in [0.15, 0.2) is 35.4 Å². The van der Waals surface area contributed by atoms with Gasteiger partial charge in [0, 0.05) is 32.2 Å². The number of methoxy groups -OCH3 is 1. The Morgan fingerprint density at radius 1 is 1.30 bits per heavy atom. The summed E-state index contributed by atoms with van der Waals surface area (Å²) in [5.41, 5.74) is 3.03. The molecule has 0 spiro atoms. The first-order valence-corrected chi connectivity index (χ1v) is 8.94. The van der Waals surface area contributed by atoms with Gasteiger partial charge in [0.25, 0.3) is 0 Å². The van der Waals surface area contributed by atoms with Gasteiger partial charge in [-0.3, -0.25) is 4.68 Å². The normalized spacial score (nSPS) is 18.8. The summed E-state index contributed by atoms with van der Waals surface area (Å²) >= 11 is 0. The van der Waals surface area contributed by atoms with Gasteiger partial charge in [-0.05, 0) is 19.1 Å². The predicted molar refractivity (Wildman–Crippen MR) is 86.6 cm³/mol. The van der Waals surface area contributed by atoms with E-state index in [0.717, 1.165) is 16.8 Å². The third kappa shape index (κ3) is 2.91. The van der Waals surface area contributed by atoms with Crippen LogP contribution in [0.3, 0.4) is 0 Å². The molecular formula is C16H21N3O3S. The maximum atomic E-state index is 12.9. The molecule has 1 atom stereocenters. The van der Waals surface area contributed by atoms with Gasteiger partial charge in [-0.1, -0.05) is 17.7 Å². The Morgan fingerprint density at radius 3 is 2.65 bits per heavy atom. The SMILES string of the molecule is COCC1CN(S(=O)(=O)c2ccc(C)cc2)Cc2c1cnn2C. The molecule has 0 amide bonds. The maximum absolute atomic E-state index is 12.9. The van der Waals surface area contributed by atoms with Gasteiger partial charge < -0.3 is 4.74 Å². The highest BCUT2D eigenvalue weighted by Gasteiger charge is 2.35. The molecule has 0 saturated carbocycles. The first kappa shape index (κ1) is 16.2. The van der Waals surface area contributed by atoms with E-state index in [1.54, 1.807) is 23.9 Å². The van der Waals surface area contributed by atoms with Crippen molar-refractivity contribution in [3.05, 3.63) is 47.3 Å². The lowest BCUT2D eigenvalue weighted by molar-refractivity contribution is 0.162. The summed E-state index contributed by atoms with van der Waals surface area (Å²) in [5, 5.41) is 4.27. The summed E-state index contributed by atoms with van der Waals surface area (Å²) in [4.78, 5) is 0.324. The molecule has 0 saturated heterocycles. The Balaban J connectivity index is 1.97. The Bertz CT molecular complexity index is 796. The third-order valence-electron chi connectivity index (χ3n) is 4.31. The maximum Gasteiger partial charge on any atom is 0.243 e. The molecule has 1 unspecified atom stereocenters. The second-order valence-electron chi connectivity index (χ2n) is 5.93. The quantitative estimate of drug-likeness (QED) is 0.852. The molecule has 0 bridgehead atoms. The second kappa shape index (κ2) is 6.07. The van der Waals surface area contributed by atoms with Crippen molar-refractivity contribution in [2.75, 3.05) is 20.3 Å². The second-order valence-corrected chi connectivity index (χ2v) is 7.87. The van der Waals surface area contributed by atoms with Gasteiger partial charge in [0.1, 0.15) is 0 Å². The number of fused-ring (bicyclic) bond motifs is 1. The minimum Gasteiger partial charge on any atom is -0.384 e. The minimum absolute atomic E-state index is 0.00215. The Morgan fingerprint density at radius 2 is 2.00 bits per heavy atom. The summed E-state index contributed by atoms with van der Waals surface area (Å²) in [6.07, 6.45) is 1.81. The van der Waals surface area contributed by atoms with Gasteiger partial charge in [-0.15, -0.1) is 0 Å². The smallest absolute Gasteiger partial charge is 0.243 e. The molecular weight excluding hydrogens is 314 g/mol. The lowest BCUT2D eigenvalue weighted by Gasteiger charge is -2.32. The zero-order valence-electron chi connectivity index (χ0n) is 13.6. The molecule has 0 radical (unpaired) electrons. The number of nitrogens with zero attached hydrogens (tertiary/aromatic N) is 3. The number of hydrogen-bond donors (Lipinski definition) is 0. The Labute approximate surface area is 136 Å². The largest absolute Gasteiger partial charge is 0.384 e. The standard InChI is InChI=1S/C16H21N3O3S/c1-12-4-6-14(7-5-12)23(20,21)19-9-13(11-22-3)15-8-17-18(2)16(15)10-19/h4-8,13H,9-11H2,1-3H3. The van der Waals surface area contributed by atoms with E-state index >= 15 is 0 Å². The topological polar surface area (TPSA) is 64.4 Å². The molecule has 2 heterocycles. The molecule has 6 nitrogen and oxygen atoms in total. The summed E-state index contributed by atoms with van der Waals surface area (Å²) in [5.74, 6) is -0.00215. The number of aromatic nitrogens is 2. The van der Waals surface area contributed by atoms with Crippen LogP contribution >= 0.6 is 0 Å². The molecule has 1 aromatic carbocycles. The highest BCUT2D eigenvalue weighted by molar-refractivity contribution is 7.89. The molecule has 1 aliphatic heterocycles. The molecule has 124 valence electrons. The summed E-state index contributed by atoms with van der Waals surface area (Å²) in [7, 11) is -0.0643. The summed E-state index contributed by atoms with van der Waals surface area (Å²) in [6, 6.07) is 6.96. The Hall–Kier alpha value is -1.70. The lowest BCUT2D eigenvalue weighted by atomic mass is 9.97. The Kier molecular flexibility index (Phi) is 4.27. The number of rotatable bonds is 4. The van der Waals surface area contributed by atoms with Crippen molar-refractivity contribution in [1.29, 1.82) is 0 Å². The van der Waals surface area contributed by atoms with Crippen LogP contribution in [0.4, 0.5) is 0 Å². The fraction of sp³-hybridized carbons (Fsp3) is 0.438. The van der Waals surface area contributed by atoms with E-state index < -0.39 is 10.0 Å². The highest BCUT2D eigenvalue weighted by atomic mass is 32.2. The van der Waals surface area contributed by atoms with E-state index in [2.05, 4.69) is 5.10 Å².